The third kappa shape index (κ3) is 5.30. The summed E-state index contributed by atoms with van der Waals surface area (Å²) >= 11 is 0. The van der Waals surface area contributed by atoms with E-state index in [2.05, 4.69) is 5.10 Å². The molecule has 1 aromatic carbocycles. The molecule has 1 N–H and O–H groups in total. The van der Waals surface area contributed by atoms with Gasteiger partial charge in [0.2, 0.25) is 10.0 Å². The summed E-state index contributed by atoms with van der Waals surface area (Å²) in [4.78, 5) is 9.41. The van der Waals surface area contributed by atoms with E-state index in [0.29, 0.717) is 42.7 Å². The Morgan fingerprint density at radius 1 is 1.14 bits per heavy atom. The quantitative estimate of drug-likeness (QED) is 0.557. The number of sulfonamides is 1. The Morgan fingerprint density at radius 3 is 2.31 bits per heavy atom. The number of alkyl halides is 3. The Kier molecular flexibility index (Phi) is 7.38. The van der Waals surface area contributed by atoms with Gasteiger partial charge in [0.05, 0.1) is 45.3 Å². The number of aliphatic carboxylic acids is 1. The zero-order chi connectivity index (χ0) is 27.3. The number of carboxylic acid groups (broad SMARTS) is 1. The van der Waals surface area contributed by atoms with Gasteiger partial charge in [-0.2, -0.15) is 22.6 Å². The van der Waals surface area contributed by atoms with E-state index >= 15 is 0 Å². The molecule has 14 heteroatoms. The second-order valence-electron chi connectivity index (χ2n) is 9.65. The van der Waals surface area contributed by atoms with Crippen molar-refractivity contribution >= 4 is 25.8 Å². The van der Waals surface area contributed by atoms with Crippen LogP contribution < -0.4 is 0 Å². The van der Waals surface area contributed by atoms with Crippen LogP contribution >= 0.6 is 0 Å². The smallest absolute Gasteiger partial charge is 0.416 e. The van der Waals surface area contributed by atoms with Gasteiger partial charge in [-0.25, -0.2) is 16.8 Å². The maximum atomic E-state index is 13.6. The topological polar surface area (TPSA) is 127 Å². The molecule has 0 saturated carbocycles. The molecule has 3 rings (SSSR count). The Labute approximate surface area is 207 Å². The molecule has 0 fully saturated rings. The number of hydrogen-bond acceptors (Lipinski definition) is 6. The van der Waals surface area contributed by atoms with Gasteiger partial charge in [0.15, 0.2) is 9.84 Å². The van der Waals surface area contributed by atoms with Crippen LogP contribution in [0.1, 0.15) is 62.9 Å². The summed E-state index contributed by atoms with van der Waals surface area (Å²) in [5.74, 6) is -1.02. The van der Waals surface area contributed by atoms with Crippen LogP contribution in [-0.2, 0) is 43.8 Å². The van der Waals surface area contributed by atoms with Crippen LogP contribution in [0.25, 0.3) is 0 Å². The van der Waals surface area contributed by atoms with Gasteiger partial charge in [-0.3, -0.25) is 9.48 Å². The van der Waals surface area contributed by atoms with Gasteiger partial charge in [-0.1, -0.05) is 0 Å². The first-order chi connectivity index (χ1) is 16.4. The molecule has 2 aromatic rings. The van der Waals surface area contributed by atoms with Gasteiger partial charge >= 0.3 is 12.1 Å². The van der Waals surface area contributed by atoms with Gasteiger partial charge in [-0.05, 0) is 58.2 Å². The molecule has 1 aliphatic carbocycles. The van der Waals surface area contributed by atoms with Crippen LogP contribution in [0.5, 0.6) is 0 Å². The van der Waals surface area contributed by atoms with Crippen molar-refractivity contribution in [3.63, 3.8) is 0 Å². The Balaban J connectivity index is 2.09. The second-order valence-corrected chi connectivity index (χ2v) is 14.3. The van der Waals surface area contributed by atoms with E-state index in [-0.39, 0.29) is 13.0 Å². The molecular weight excluding hydrogens is 523 g/mol. The molecule has 36 heavy (non-hydrogen) atoms. The number of carboxylic acids is 1. The summed E-state index contributed by atoms with van der Waals surface area (Å²) in [6, 6.07) is 0.884. The average molecular weight is 552 g/mol. The summed E-state index contributed by atoms with van der Waals surface area (Å²) in [5, 5.41) is 13.1. The van der Waals surface area contributed by atoms with Gasteiger partial charge < -0.3 is 5.11 Å². The molecule has 1 aliphatic rings. The first kappa shape index (κ1) is 28.1. The lowest BCUT2D eigenvalue weighted by Gasteiger charge is -2.31. The number of fused-ring (bicyclic) bond motifs is 1. The lowest BCUT2D eigenvalue weighted by atomic mass is 9.93. The van der Waals surface area contributed by atoms with E-state index < -0.39 is 58.1 Å². The van der Waals surface area contributed by atoms with Crippen LogP contribution in [-0.4, -0.2) is 53.8 Å². The molecule has 0 spiro atoms. The number of aromatic nitrogens is 2. The molecule has 200 valence electrons. The lowest BCUT2D eigenvalue weighted by Crippen LogP contribution is -2.34. The predicted octanol–water partition coefficient (Wildman–Crippen LogP) is 3.65. The molecule has 1 heterocycles. The van der Waals surface area contributed by atoms with E-state index in [4.69, 9.17) is 5.11 Å². The van der Waals surface area contributed by atoms with Crippen molar-refractivity contribution in [1.29, 1.82) is 0 Å². The molecule has 0 radical (unpaired) electrons. The van der Waals surface area contributed by atoms with Crippen molar-refractivity contribution < 1.29 is 39.9 Å². The molecule has 0 aliphatic heterocycles. The number of benzene rings is 1. The number of sulfone groups is 1. The van der Waals surface area contributed by atoms with Crippen LogP contribution in [0.4, 0.5) is 13.2 Å². The van der Waals surface area contributed by atoms with Crippen molar-refractivity contribution in [3.8, 4) is 0 Å². The minimum Gasteiger partial charge on any atom is -0.481 e. The van der Waals surface area contributed by atoms with Gasteiger partial charge in [-0.15, -0.1) is 0 Å². The van der Waals surface area contributed by atoms with Gasteiger partial charge in [0.25, 0.3) is 0 Å². The summed E-state index contributed by atoms with van der Waals surface area (Å²) in [6.07, 6.45) is -2.27. The number of hydrogen-bond donors (Lipinski definition) is 1. The number of halogens is 3. The zero-order valence-electron chi connectivity index (χ0n) is 20.2. The first-order valence-corrected chi connectivity index (χ1v) is 14.0. The summed E-state index contributed by atoms with van der Waals surface area (Å²) < 4.78 is 94.8. The molecule has 1 atom stereocenters. The monoisotopic (exact) mass is 551 g/mol. The van der Waals surface area contributed by atoms with E-state index in [9.17, 15) is 34.8 Å². The van der Waals surface area contributed by atoms with E-state index in [1.807, 2.05) is 0 Å². The Morgan fingerprint density at radius 2 is 1.75 bits per heavy atom. The Hall–Kier alpha value is -2.45. The normalized spacial score (nSPS) is 17.3. The fourth-order valence-corrected chi connectivity index (χ4v) is 6.88. The molecule has 1 aromatic heterocycles. The number of nitrogens with zero attached hydrogens (tertiary/aromatic N) is 3. The minimum absolute atomic E-state index is 0.0928. The third-order valence-corrected chi connectivity index (χ3v) is 10.5. The Bertz CT molecular complexity index is 1380. The molecule has 0 saturated heterocycles. The predicted molar refractivity (Wildman–Crippen MR) is 123 cm³/mol. The van der Waals surface area contributed by atoms with Crippen LogP contribution in [0.3, 0.4) is 0 Å². The number of aryl methyl sites for hydroxylation is 1. The molecule has 0 bridgehead atoms. The van der Waals surface area contributed by atoms with E-state index in [1.165, 1.54) is 38.7 Å². The summed E-state index contributed by atoms with van der Waals surface area (Å²) in [6.45, 7) is 4.03. The molecule has 9 nitrogen and oxygen atoms in total. The zero-order valence-corrected chi connectivity index (χ0v) is 21.8. The molecule has 0 amide bonds. The second kappa shape index (κ2) is 9.45. The van der Waals surface area contributed by atoms with Crippen LogP contribution in [0, 0.1) is 0 Å². The maximum absolute atomic E-state index is 13.6. The van der Waals surface area contributed by atoms with Gasteiger partial charge in [0, 0.05) is 18.3 Å². The fraction of sp³-hybridized carbons (Fsp3) is 0.545. The van der Waals surface area contributed by atoms with Crippen molar-refractivity contribution in [2.24, 2.45) is 0 Å². The molecule has 1 unspecified atom stereocenters. The average Bonchev–Trinajstić information content (AvgIpc) is 3.18. The summed E-state index contributed by atoms with van der Waals surface area (Å²) in [5.41, 5.74) is -0.188. The van der Waals surface area contributed by atoms with E-state index in [1.54, 1.807) is 0 Å². The summed E-state index contributed by atoms with van der Waals surface area (Å²) in [7, 11) is -7.64. The van der Waals surface area contributed by atoms with Crippen LogP contribution in [0.2, 0.25) is 0 Å². The SMILES string of the molecule is CN(C1CCCc2c1cnn2CCC(=O)O)S(=O)(=O)c1cc(C(F)(F)F)cc(S(=O)(=O)C(C)(C)C)c1. The van der Waals surface area contributed by atoms with Crippen molar-refractivity contribution in [3.05, 3.63) is 41.2 Å². The van der Waals surface area contributed by atoms with Gasteiger partial charge in [0.1, 0.15) is 0 Å². The van der Waals surface area contributed by atoms with Crippen molar-refractivity contribution in [2.75, 3.05) is 7.05 Å². The van der Waals surface area contributed by atoms with Crippen molar-refractivity contribution in [2.45, 2.75) is 79.8 Å². The molecular formula is C22H28F3N3O6S2. The first-order valence-electron chi connectivity index (χ1n) is 11.1. The minimum atomic E-state index is -4.98. The highest BCUT2D eigenvalue weighted by molar-refractivity contribution is 7.93. The lowest BCUT2D eigenvalue weighted by molar-refractivity contribution is -0.138. The van der Waals surface area contributed by atoms with Crippen molar-refractivity contribution in [1.82, 2.24) is 14.1 Å². The highest BCUT2D eigenvalue weighted by Gasteiger charge is 2.40. The standard InChI is InChI=1S/C22H28F3N3O6S2/c1-21(2,3)35(31,32)15-10-14(22(23,24)25)11-16(12-15)36(33,34)27(4)18-6-5-7-19-17(18)13-26-28(19)9-8-20(29)30/h10-13,18H,5-9H2,1-4H3,(H,29,30). The highest BCUT2D eigenvalue weighted by Crippen LogP contribution is 2.39. The number of carbonyl (C=O) groups is 1. The highest BCUT2D eigenvalue weighted by atomic mass is 32.2. The maximum Gasteiger partial charge on any atom is 0.416 e. The van der Waals surface area contributed by atoms with Crippen LogP contribution in [0.15, 0.2) is 34.2 Å². The third-order valence-electron chi connectivity index (χ3n) is 6.21. The fourth-order valence-electron chi connectivity index (χ4n) is 4.09. The largest absolute Gasteiger partial charge is 0.481 e. The van der Waals surface area contributed by atoms with E-state index in [0.717, 1.165) is 10.4 Å². The number of rotatable bonds is 7.